The maximum atomic E-state index is 5.63. The van der Waals surface area contributed by atoms with E-state index in [9.17, 15) is 0 Å². The predicted molar refractivity (Wildman–Crippen MR) is 95.0 cm³/mol. The average molecular weight is 309 g/mol. The largest absolute Gasteiger partial charge is 0.348 e. The molecule has 22 heavy (non-hydrogen) atoms. The smallest absolute Gasteiger partial charge is 0.166 e. The zero-order chi connectivity index (χ0) is 16.4. The fourth-order valence-corrected chi connectivity index (χ4v) is 2.82. The Morgan fingerprint density at radius 1 is 1.00 bits per heavy atom. The summed E-state index contributed by atoms with van der Waals surface area (Å²) in [5, 5.41) is 0. The lowest BCUT2D eigenvalue weighted by atomic mass is 10.0. The lowest BCUT2D eigenvalue weighted by Crippen LogP contribution is -2.24. The summed E-state index contributed by atoms with van der Waals surface area (Å²) in [6.45, 7) is 12.6. The zero-order valence-corrected chi connectivity index (χ0v) is 15.4. The van der Waals surface area contributed by atoms with Crippen molar-refractivity contribution in [3.8, 4) is 0 Å². The molecule has 0 saturated carbocycles. The molecule has 128 valence electrons. The van der Waals surface area contributed by atoms with Gasteiger partial charge in [-0.25, -0.2) is 0 Å². The minimum atomic E-state index is -0.344. The summed E-state index contributed by atoms with van der Waals surface area (Å²) in [6, 6.07) is 0. The Bertz CT molecular complexity index is 360. The summed E-state index contributed by atoms with van der Waals surface area (Å²) in [6.07, 6.45) is 13.0. The third-order valence-electron chi connectivity index (χ3n) is 4.37. The summed E-state index contributed by atoms with van der Waals surface area (Å²) >= 11 is 0. The van der Waals surface area contributed by atoms with Crippen molar-refractivity contribution in [2.45, 2.75) is 85.4 Å². The van der Waals surface area contributed by atoms with Crippen molar-refractivity contribution in [2.24, 2.45) is 5.92 Å². The maximum absolute atomic E-state index is 5.63. The monoisotopic (exact) mass is 308 g/mol. The summed E-state index contributed by atoms with van der Waals surface area (Å²) in [5.74, 6) is 0.483. The quantitative estimate of drug-likeness (QED) is 0.459. The molecule has 0 radical (unpaired) electrons. The molecule has 2 nitrogen and oxygen atoms in total. The Morgan fingerprint density at radius 3 is 2.23 bits per heavy atom. The van der Waals surface area contributed by atoms with Gasteiger partial charge in [-0.2, -0.15) is 0 Å². The van der Waals surface area contributed by atoms with Crippen LogP contribution in [0, 0.1) is 5.92 Å². The van der Waals surface area contributed by atoms with Crippen LogP contribution in [0.5, 0.6) is 0 Å². The second-order valence-electron chi connectivity index (χ2n) is 7.30. The van der Waals surface area contributed by atoms with Crippen molar-refractivity contribution in [3.05, 3.63) is 23.3 Å². The van der Waals surface area contributed by atoms with Crippen molar-refractivity contribution in [2.75, 3.05) is 13.2 Å². The van der Waals surface area contributed by atoms with E-state index in [1.807, 2.05) is 6.92 Å². The van der Waals surface area contributed by atoms with E-state index in [0.717, 1.165) is 32.0 Å². The van der Waals surface area contributed by atoms with Crippen molar-refractivity contribution < 1.29 is 9.47 Å². The van der Waals surface area contributed by atoms with Crippen molar-refractivity contribution in [3.63, 3.8) is 0 Å². The van der Waals surface area contributed by atoms with E-state index in [1.54, 1.807) is 5.57 Å². The van der Waals surface area contributed by atoms with E-state index in [2.05, 4.69) is 39.8 Å². The molecule has 1 heterocycles. The van der Waals surface area contributed by atoms with Gasteiger partial charge in [-0.1, -0.05) is 43.6 Å². The molecular formula is C20H36O2. The molecule has 1 aliphatic rings. The normalized spacial score (nSPS) is 19.2. The highest BCUT2D eigenvalue weighted by Crippen LogP contribution is 2.24. The molecule has 1 rings (SSSR count). The minimum Gasteiger partial charge on any atom is -0.348 e. The Balaban J connectivity index is 2.15. The van der Waals surface area contributed by atoms with Crippen molar-refractivity contribution in [1.82, 2.24) is 0 Å². The number of allylic oxidation sites excluding steroid dienone is 4. The van der Waals surface area contributed by atoms with Gasteiger partial charge in [0.2, 0.25) is 0 Å². The van der Waals surface area contributed by atoms with E-state index in [1.165, 1.54) is 37.7 Å². The Kier molecular flexibility index (Phi) is 9.04. The van der Waals surface area contributed by atoms with Crippen LogP contribution in [0.15, 0.2) is 23.3 Å². The zero-order valence-electron chi connectivity index (χ0n) is 15.4. The molecule has 0 aromatic carbocycles. The van der Waals surface area contributed by atoms with E-state index in [0.29, 0.717) is 0 Å². The highest BCUT2D eigenvalue weighted by Gasteiger charge is 2.29. The van der Waals surface area contributed by atoms with E-state index in [4.69, 9.17) is 9.47 Å². The molecule has 0 bridgehead atoms. The first-order valence-corrected chi connectivity index (χ1v) is 9.00. The van der Waals surface area contributed by atoms with Crippen LogP contribution in [-0.2, 0) is 9.47 Å². The molecule has 0 aromatic rings. The van der Waals surface area contributed by atoms with Gasteiger partial charge in [0.15, 0.2) is 5.79 Å². The van der Waals surface area contributed by atoms with Crippen LogP contribution >= 0.6 is 0 Å². The maximum Gasteiger partial charge on any atom is 0.166 e. The van der Waals surface area contributed by atoms with Gasteiger partial charge in [0, 0.05) is 6.42 Å². The summed E-state index contributed by atoms with van der Waals surface area (Å²) in [5.41, 5.74) is 3.03. The van der Waals surface area contributed by atoms with Gasteiger partial charge in [0.25, 0.3) is 0 Å². The molecule has 0 atom stereocenters. The first-order valence-electron chi connectivity index (χ1n) is 9.00. The van der Waals surface area contributed by atoms with Crippen molar-refractivity contribution >= 4 is 0 Å². The molecule has 1 aliphatic heterocycles. The van der Waals surface area contributed by atoms with Crippen LogP contribution in [0.25, 0.3) is 0 Å². The molecule has 2 heteroatoms. The van der Waals surface area contributed by atoms with Crippen molar-refractivity contribution in [1.29, 1.82) is 0 Å². The number of hydrogen-bond acceptors (Lipinski definition) is 2. The highest BCUT2D eigenvalue weighted by molar-refractivity contribution is 5.03. The molecule has 0 aromatic heterocycles. The lowest BCUT2D eigenvalue weighted by molar-refractivity contribution is -0.145. The van der Waals surface area contributed by atoms with Gasteiger partial charge < -0.3 is 9.47 Å². The lowest BCUT2D eigenvalue weighted by Gasteiger charge is -2.21. The average Bonchev–Trinajstić information content (AvgIpc) is 2.85. The van der Waals surface area contributed by atoms with Crippen LogP contribution in [0.3, 0.4) is 0 Å². The van der Waals surface area contributed by atoms with Gasteiger partial charge in [-0.05, 0) is 58.8 Å². The molecule has 1 fully saturated rings. The van der Waals surface area contributed by atoms with Gasteiger partial charge in [0.1, 0.15) is 0 Å². The topological polar surface area (TPSA) is 18.5 Å². The summed E-state index contributed by atoms with van der Waals surface area (Å²) < 4.78 is 11.3. The summed E-state index contributed by atoms with van der Waals surface area (Å²) in [4.78, 5) is 0. The third-order valence-corrected chi connectivity index (χ3v) is 4.37. The standard InChI is InChI=1S/C20H36O2/c1-17(2)9-6-10-18(3)11-7-12-19(4)13-8-14-20(5)21-15-16-22-20/h11,13,17H,6-10,12,14-16H2,1-5H3/b18-11+,19-13+. The van der Waals surface area contributed by atoms with Gasteiger partial charge in [-0.3, -0.25) is 0 Å². The van der Waals surface area contributed by atoms with Gasteiger partial charge in [0.05, 0.1) is 13.2 Å². The fraction of sp³-hybridized carbons (Fsp3) is 0.800. The van der Waals surface area contributed by atoms with E-state index in [-0.39, 0.29) is 5.79 Å². The van der Waals surface area contributed by atoms with Crippen LogP contribution in [-0.4, -0.2) is 19.0 Å². The molecule has 0 unspecified atom stereocenters. The molecular weight excluding hydrogens is 272 g/mol. The Labute approximate surface area is 138 Å². The van der Waals surface area contributed by atoms with Crippen LogP contribution in [0.1, 0.15) is 79.6 Å². The molecule has 1 saturated heterocycles. The first kappa shape index (κ1) is 19.4. The molecule has 0 amide bonds. The van der Waals surface area contributed by atoms with E-state index >= 15 is 0 Å². The highest BCUT2D eigenvalue weighted by atomic mass is 16.7. The van der Waals surface area contributed by atoms with Crippen LogP contribution < -0.4 is 0 Å². The fourth-order valence-electron chi connectivity index (χ4n) is 2.82. The Morgan fingerprint density at radius 2 is 1.59 bits per heavy atom. The van der Waals surface area contributed by atoms with Gasteiger partial charge in [-0.15, -0.1) is 0 Å². The van der Waals surface area contributed by atoms with E-state index < -0.39 is 0 Å². The second kappa shape index (κ2) is 10.2. The first-order chi connectivity index (χ1) is 10.4. The summed E-state index contributed by atoms with van der Waals surface area (Å²) in [7, 11) is 0. The Hall–Kier alpha value is -0.600. The molecule has 0 spiro atoms. The SMILES string of the molecule is C/C(=C\CCC1(C)OCCO1)CC/C=C(\C)CCCC(C)C. The second-order valence-corrected chi connectivity index (χ2v) is 7.30. The minimum absolute atomic E-state index is 0.344. The number of ether oxygens (including phenoxy) is 2. The predicted octanol–water partition coefficient (Wildman–Crippen LogP) is 6.03. The van der Waals surface area contributed by atoms with Crippen LogP contribution in [0.2, 0.25) is 0 Å². The third kappa shape index (κ3) is 8.75. The molecule has 0 aliphatic carbocycles. The molecule has 0 N–H and O–H groups in total. The van der Waals surface area contributed by atoms with Crippen LogP contribution in [0.4, 0.5) is 0 Å². The number of rotatable bonds is 10. The van der Waals surface area contributed by atoms with Gasteiger partial charge >= 0.3 is 0 Å². The number of hydrogen-bond donors (Lipinski definition) is 0.